The Labute approximate surface area is 123 Å². The number of amides is 1. The molecule has 0 aliphatic carbocycles. The van der Waals surface area contributed by atoms with Gasteiger partial charge in [0.1, 0.15) is 0 Å². The molecule has 1 aromatic rings. The number of thioether (sulfide) groups is 1. The second kappa shape index (κ2) is 6.04. The first-order valence-electron chi connectivity index (χ1n) is 5.67. The lowest BCUT2D eigenvalue weighted by Gasteiger charge is -2.11. The van der Waals surface area contributed by atoms with E-state index < -0.39 is 0 Å². The summed E-state index contributed by atoms with van der Waals surface area (Å²) in [7, 11) is 0. The highest BCUT2D eigenvalue weighted by atomic mass is 79.9. The number of carbonyl (C=O) groups is 1. The first kappa shape index (κ1) is 13.8. The predicted octanol–water partition coefficient (Wildman–Crippen LogP) is 3.82. The van der Waals surface area contributed by atoms with Gasteiger partial charge in [-0.2, -0.15) is 0 Å². The van der Waals surface area contributed by atoms with Crippen LogP contribution in [0.5, 0.6) is 0 Å². The van der Waals surface area contributed by atoms with Gasteiger partial charge in [0, 0.05) is 18.0 Å². The summed E-state index contributed by atoms with van der Waals surface area (Å²) < 4.78 is 1.07. The van der Waals surface area contributed by atoms with Crippen LogP contribution in [0.25, 0.3) is 6.08 Å². The van der Waals surface area contributed by atoms with Gasteiger partial charge < -0.3 is 0 Å². The predicted molar refractivity (Wildman–Crippen MR) is 83.0 cm³/mol. The van der Waals surface area contributed by atoms with Crippen LogP contribution in [0.15, 0.2) is 25.8 Å². The summed E-state index contributed by atoms with van der Waals surface area (Å²) in [6.45, 7) is 5.30. The third kappa shape index (κ3) is 2.87. The van der Waals surface area contributed by atoms with Crippen LogP contribution in [0.1, 0.15) is 18.7 Å². The molecule has 1 aliphatic heterocycles. The lowest BCUT2D eigenvalue weighted by atomic mass is 10.4. The molecule has 0 radical (unpaired) electrons. The number of thiophene rings is 1. The second-order valence-electron chi connectivity index (χ2n) is 3.56. The lowest BCUT2D eigenvalue weighted by molar-refractivity contribution is -0.122. The Balaban J connectivity index is 2.28. The van der Waals surface area contributed by atoms with Crippen molar-refractivity contribution < 1.29 is 4.79 Å². The van der Waals surface area contributed by atoms with Crippen LogP contribution in [0.2, 0.25) is 0 Å². The van der Waals surface area contributed by atoms with E-state index in [4.69, 9.17) is 0 Å². The van der Waals surface area contributed by atoms with Crippen LogP contribution >= 0.6 is 39.0 Å². The average molecular weight is 345 g/mol. The second-order valence-corrected chi connectivity index (χ2v) is 7.06. The molecule has 0 spiro atoms. The molecule has 0 atom stereocenters. The molecule has 1 aromatic heterocycles. The highest BCUT2D eigenvalue weighted by molar-refractivity contribution is 9.11. The monoisotopic (exact) mass is 344 g/mol. The molecule has 6 heteroatoms. The summed E-state index contributed by atoms with van der Waals surface area (Å²) in [5, 5.41) is 0.812. The zero-order valence-corrected chi connectivity index (χ0v) is 13.4. The molecule has 1 amide bonds. The van der Waals surface area contributed by atoms with Crippen LogP contribution < -0.4 is 0 Å². The Hall–Kier alpha value is -0.590. The van der Waals surface area contributed by atoms with Gasteiger partial charge in [0.15, 0.2) is 5.17 Å². The van der Waals surface area contributed by atoms with E-state index in [-0.39, 0.29) is 5.91 Å². The van der Waals surface area contributed by atoms with Gasteiger partial charge in [0.2, 0.25) is 0 Å². The van der Waals surface area contributed by atoms with E-state index in [1.807, 2.05) is 32.1 Å². The maximum absolute atomic E-state index is 12.2. The first-order valence-corrected chi connectivity index (χ1v) is 8.09. The molecule has 0 saturated carbocycles. The van der Waals surface area contributed by atoms with Crippen LogP contribution in [-0.2, 0) is 4.79 Å². The highest BCUT2D eigenvalue weighted by Crippen LogP contribution is 2.34. The SMILES string of the molecule is CCN=C1SC(=Cc2ccc(Br)s2)C(=O)N1CC. The van der Waals surface area contributed by atoms with E-state index >= 15 is 0 Å². The van der Waals surface area contributed by atoms with E-state index in [1.165, 1.54) is 11.8 Å². The first-order chi connectivity index (χ1) is 8.65. The maximum Gasteiger partial charge on any atom is 0.266 e. The minimum Gasteiger partial charge on any atom is -0.287 e. The molecular formula is C12H13BrN2OS2. The summed E-state index contributed by atoms with van der Waals surface area (Å²) in [5.41, 5.74) is 0. The standard InChI is InChI=1S/C12H13BrN2OS2/c1-3-14-12-15(4-2)11(16)9(18-12)7-8-5-6-10(13)17-8/h5-7H,3-4H2,1-2H3. The number of hydrogen-bond acceptors (Lipinski definition) is 4. The fraction of sp³-hybridized carbons (Fsp3) is 0.333. The van der Waals surface area contributed by atoms with E-state index in [0.717, 1.165) is 18.7 Å². The number of halogens is 1. The molecule has 2 rings (SSSR count). The molecule has 0 unspecified atom stereocenters. The van der Waals surface area contributed by atoms with Crippen LogP contribution in [0.4, 0.5) is 0 Å². The van der Waals surface area contributed by atoms with Crippen molar-refractivity contribution in [2.45, 2.75) is 13.8 Å². The molecule has 18 heavy (non-hydrogen) atoms. The molecule has 3 nitrogen and oxygen atoms in total. The molecule has 0 N–H and O–H groups in total. The van der Waals surface area contributed by atoms with Gasteiger partial charge in [-0.25, -0.2) is 0 Å². The lowest BCUT2D eigenvalue weighted by Crippen LogP contribution is -2.28. The molecule has 96 valence electrons. The van der Waals surface area contributed by atoms with Gasteiger partial charge >= 0.3 is 0 Å². The van der Waals surface area contributed by atoms with Crippen molar-refractivity contribution >= 4 is 56.2 Å². The molecule has 0 aromatic carbocycles. The largest absolute Gasteiger partial charge is 0.287 e. The number of carbonyl (C=O) groups excluding carboxylic acids is 1. The Kier molecular flexibility index (Phi) is 4.64. The van der Waals surface area contributed by atoms with Crippen molar-refractivity contribution in [1.82, 2.24) is 4.90 Å². The number of nitrogens with zero attached hydrogens (tertiary/aromatic N) is 2. The molecular weight excluding hydrogens is 332 g/mol. The van der Waals surface area contributed by atoms with E-state index in [1.54, 1.807) is 16.2 Å². The topological polar surface area (TPSA) is 32.7 Å². The fourth-order valence-corrected chi connectivity index (χ4v) is 4.11. The molecule has 1 aliphatic rings. The highest BCUT2D eigenvalue weighted by Gasteiger charge is 2.31. The Morgan fingerprint density at radius 3 is 2.78 bits per heavy atom. The van der Waals surface area contributed by atoms with Gasteiger partial charge in [-0.05, 0) is 59.7 Å². The van der Waals surface area contributed by atoms with Gasteiger partial charge in [-0.1, -0.05) is 0 Å². The van der Waals surface area contributed by atoms with Crippen molar-refractivity contribution in [3.8, 4) is 0 Å². The van der Waals surface area contributed by atoms with Gasteiger partial charge in [-0.15, -0.1) is 11.3 Å². The Morgan fingerprint density at radius 2 is 2.22 bits per heavy atom. The summed E-state index contributed by atoms with van der Waals surface area (Å²) in [5.74, 6) is 0.0548. The number of amidine groups is 1. The minimum absolute atomic E-state index is 0.0548. The van der Waals surface area contributed by atoms with Crippen molar-refractivity contribution in [1.29, 1.82) is 0 Å². The Morgan fingerprint density at radius 1 is 1.44 bits per heavy atom. The van der Waals surface area contributed by atoms with Crippen molar-refractivity contribution in [2.75, 3.05) is 13.1 Å². The van der Waals surface area contributed by atoms with E-state index in [9.17, 15) is 4.79 Å². The minimum atomic E-state index is 0.0548. The zero-order valence-electron chi connectivity index (χ0n) is 10.1. The van der Waals surface area contributed by atoms with Gasteiger partial charge in [0.05, 0.1) is 8.69 Å². The van der Waals surface area contributed by atoms with E-state index in [0.29, 0.717) is 13.1 Å². The third-order valence-corrected chi connectivity index (χ3v) is 4.98. The normalized spacial score (nSPS) is 20.4. The van der Waals surface area contributed by atoms with Crippen LogP contribution in [0.3, 0.4) is 0 Å². The summed E-state index contributed by atoms with van der Waals surface area (Å²) >= 11 is 6.50. The van der Waals surface area contributed by atoms with Gasteiger partial charge in [0.25, 0.3) is 5.91 Å². The van der Waals surface area contributed by atoms with Gasteiger partial charge in [-0.3, -0.25) is 14.7 Å². The quantitative estimate of drug-likeness (QED) is 0.780. The zero-order chi connectivity index (χ0) is 13.1. The Bertz CT molecular complexity index is 522. The number of hydrogen-bond donors (Lipinski definition) is 0. The summed E-state index contributed by atoms with van der Waals surface area (Å²) in [4.78, 5) is 20.1. The number of rotatable bonds is 3. The van der Waals surface area contributed by atoms with Crippen molar-refractivity contribution in [3.05, 3.63) is 25.7 Å². The third-order valence-electron chi connectivity index (χ3n) is 2.37. The average Bonchev–Trinajstić information content (AvgIpc) is 2.86. The molecule has 1 fully saturated rings. The van der Waals surface area contributed by atoms with E-state index in [2.05, 4.69) is 20.9 Å². The number of likely N-dealkylation sites (N-methyl/N-ethyl adjacent to an activating group) is 1. The summed E-state index contributed by atoms with van der Waals surface area (Å²) in [6.07, 6.45) is 1.93. The smallest absolute Gasteiger partial charge is 0.266 e. The fourth-order valence-electron chi connectivity index (χ4n) is 1.58. The molecule has 0 bridgehead atoms. The van der Waals surface area contributed by atoms with Crippen molar-refractivity contribution in [2.24, 2.45) is 4.99 Å². The number of aliphatic imine (C=N–C) groups is 1. The maximum atomic E-state index is 12.2. The summed E-state index contributed by atoms with van der Waals surface area (Å²) in [6, 6.07) is 3.99. The molecule has 1 saturated heterocycles. The van der Waals surface area contributed by atoms with Crippen LogP contribution in [0, 0.1) is 0 Å². The molecule has 2 heterocycles. The van der Waals surface area contributed by atoms with Crippen molar-refractivity contribution in [3.63, 3.8) is 0 Å². The van der Waals surface area contributed by atoms with Crippen LogP contribution in [-0.4, -0.2) is 29.1 Å².